The highest BCUT2D eigenvalue weighted by molar-refractivity contribution is 5.89. The molecule has 0 atom stereocenters. The molecule has 4 rings (SSSR count). The lowest BCUT2D eigenvalue weighted by molar-refractivity contribution is -0.120. The summed E-state index contributed by atoms with van der Waals surface area (Å²) in [6.07, 6.45) is 3.81. The summed E-state index contributed by atoms with van der Waals surface area (Å²) in [4.78, 5) is 15.3. The first-order chi connectivity index (χ1) is 13.3. The number of hydrogen-bond donors (Lipinski definition) is 2. The number of aromatic amines is 1. The van der Waals surface area contributed by atoms with E-state index in [1.54, 1.807) is 6.21 Å². The molecule has 2 N–H and O–H groups in total. The van der Waals surface area contributed by atoms with Gasteiger partial charge in [0, 0.05) is 17.1 Å². The van der Waals surface area contributed by atoms with Crippen LogP contribution in [-0.2, 0) is 11.2 Å². The van der Waals surface area contributed by atoms with Crippen molar-refractivity contribution in [3.8, 4) is 11.1 Å². The molecule has 4 heteroatoms. The number of para-hydroxylation sites is 1. The third kappa shape index (κ3) is 3.96. The zero-order chi connectivity index (χ0) is 18.5. The van der Waals surface area contributed by atoms with Crippen LogP contribution in [0, 0.1) is 0 Å². The Balaban J connectivity index is 1.36. The number of fused-ring (bicyclic) bond motifs is 1. The summed E-state index contributed by atoms with van der Waals surface area (Å²) in [5, 5.41) is 5.13. The Morgan fingerprint density at radius 1 is 0.889 bits per heavy atom. The number of hydrogen-bond acceptors (Lipinski definition) is 2. The molecule has 4 aromatic rings. The molecule has 0 fully saturated rings. The van der Waals surface area contributed by atoms with Gasteiger partial charge in [0.2, 0.25) is 5.91 Å². The molecule has 0 aliphatic rings. The van der Waals surface area contributed by atoms with Crippen molar-refractivity contribution in [3.63, 3.8) is 0 Å². The highest BCUT2D eigenvalue weighted by Crippen LogP contribution is 2.19. The average molecular weight is 353 g/mol. The minimum Gasteiger partial charge on any atom is -0.361 e. The van der Waals surface area contributed by atoms with Crippen LogP contribution >= 0.6 is 0 Å². The summed E-state index contributed by atoms with van der Waals surface area (Å²) in [5.74, 6) is -0.142. The fraction of sp³-hybridized carbons (Fsp3) is 0.0435. The Morgan fingerprint density at radius 3 is 2.41 bits per heavy atom. The number of rotatable bonds is 5. The zero-order valence-corrected chi connectivity index (χ0v) is 14.7. The SMILES string of the molecule is O=C(Cc1c[nH]c2ccccc12)N/N=C/c1ccc(-c2ccccc2)cc1. The monoisotopic (exact) mass is 353 g/mol. The molecular weight excluding hydrogens is 334 g/mol. The third-order valence-electron chi connectivity index (χ3n) is 4.45. The molecule has 0 saturated heterocycles. The Bertz CT molecular complexity index is 1080. The molecule has 0 bridgehead atoms. The maximum Gasteiger partial charge on any atom is 0.244 e. The number of benzene rings is 3. The van der Waals surface area contributed by atoms with Gasteiger partial charge in [-0.3, -0.25) is 4.79 Å². The van der Waals surface area contributed by atoms with Gasteiger partial charge in [0.1, 0.15) is 0 Å². The van der Waals surface area contributed by atoms with Crippen LogP contribution in [0.5, 0.6) is 0 Å². The largest absolute Gasteiger partial charge is 0.361 e. The van der Waals surface area contributed by atoms with Gasteiger partial charge in [-0.1, -0.05) is 72.8 Å². The van der Waals surface area contributed by atoms with Crippen LogP contribution in [0.2, 0.25) is 0 Å². The fourth-order valence-corrected chi connectivity index (χ4v) is 3.06. The van der Waals surface area contributed by atoms with Gasteiger partial charge < -0.3 is 4.98 Å². The second-order valence-electron chi connectivity index (χ2n) is 6.32. The molecule has 0 aliphatic heterocycles. The lowest BCUT2D eigenvalue weighted by Crippen LogP contribution is -2.19. The van der Waals surface area contributed by atoms with E-state index < -0.39 is 0 Å². The number of carbonyl (C=O) groups is 1. The Labute approximate surface area is 157 Å². The minimum atomic E-state index is -0.142. The maximum atomic E-state index is 12.1. The lowest BCUT2D eigenvalue weighted by atomic mass is 10.0. The minimum absolute atomic E-state index is 0.142. The smallest absolute Gasteiger partial charge is 0.244 e. The van der Waals surface area contributed by atoms with E-state index in [0.717, 1.165) is 27.6 Å². The number of H-pyrrole nitrogens is 1. The van der Waals surface area contributed by atoms with Crippen molar-refractivity contribution < 1.29 is 4.79 Å². The van der Waals surface area contributed by atoms with Crippen molar-refractivity contribution >= 4 is 23.0 Å². The second-order valence-corrected chi connectivity index (χ2v) is 6.32. The van der Waals surface area contributed by atoms with Crippen molar-refractivity contribution in [2.45, 2.75) is 6.42 Å². The van der Waals surface area contributed by atoms with Crippen LogP contribution in [0.1, 0.15) is 11.1 Å². The molecular formula is C23H19N3O. The summed E-state index contributed by atoms with van der Waals surface area (Å²) in [7, 11) is 0. The first-order valence-electron chi connectivity index (χ1n) is 8.82. The first kappa shape index (κ1) is 16.8. The van der Waals surface area contributed by atoms with Crippen molar-refractivity contribution in [2.75, 3.05) is 0 Å². The van der Waals surface area contributed by atoms with E-state index in [4.69, 9.17) is 0 Å². The van der Waals surface area contributed by atoms with Crippen molar-refractivity contribution in [1.29, 1.82) is 0 Å². The summed E-state index contributed by atoms with van der Waals surface area (Å²) in [5.41, 5.74) is 7.85. The Kier molecular flexibility index (Phi) is 4.79. The predicted octanol–water partition coefficient (Wildman–Crippen LogP) is 4.53. The van der Waals surface area contributed by atoms with Gasteiger partial charge in [0.05, 0.1) is 12.6 Å². The molecule has 0 unspecified atom stereocenters. The average Bonchev–Trinajstić information content (AvgIpc) is 3.12. The van der Waals surface area contributed by atoms with Gasteiger partial charge in [0.15, 0.2) is 0 Å². The first-order valence-corrected chi connectivity index (χ1v) is 8.82. The highest BCUT2D eigenvalue weighted by atomic mass is 16.2. The molecule has 132 valence electrons. The van der Waals surface area contributed by atoms with E-state index in [0.29, 0.717) is 0 Å². The Morgan fingerprint density at radius 2 is 1.59 bits per heavy atom. The zero-order valence-electron chi connectivity index (χ0n) is 14.7. The van der Waals surface area contributed by atoms with Gasteiger partial charge in [-0.05, 0) is 28.3 Å². The molecule has 0 spiro atoms. The van der Waals surface area contributed by atoms with E-state index in [1.807, 2.05) is 72.9 Å². The summed E-state index contributed by atoms with van der Waals surface area (Å²) in [6.45, 7) is 0. The van der Waals surface area contributed by atoms with Crippen molar-refractivity contribution in [3.05, 3.63) is 96.2 Å². The molecule has 27 heavy (non-hydrogen) atoms. The van der Waals surface area contributed by atoms with Crippen molar-refractivity contribution in [2.24, 2.45) is 5.10 Å². The van der Waals surface area contributed by atoms with Gasteiger partial charge in [-0.25, -0.2) is 5.43 Å². The number of amides is 1. The molecule has 1 heterocycles. The number of carbonyl (C=O) groups excluding carboxylic acids is 1. The number of hydrazone groups is 1. The maximum absolute atomic E-state index is 12.1. The van der Waals surface area contributed by atoms with E-state index in [-0.39, 0.29) is 12.3 Å². The van der Waals surface area contributed by atoms with E-state index in [1.165, 1.54) is 5.56 Å². The van der Waals surface area contributed by atoms with E-state index >= 15 is 0 Å². The Hall–Kier alpha value is -3.66. The van der Waals surface area contributed by atoms with Crippen LogP contribution < -0.4 is 5.43 Å². The second kappa shape index (κ2) is 7.70. The van der Waals surface area contributed by atoms with E-state index in [9.17, 15) is 4.79 Å². The molecule has 1 aromatic heterocycles. The summed E-state index contributed by atoms with van der Waals surface area (Å²) < 4.78 is 0. The van der Waals surface area contributed by atoms with Crippen LogP contribution in [0.25, 0.3) is 22.0 Å². The van der Waals surface area contributed by atoms with Gasteiger partial charge in [-0.2, -0.15) is 5.10 Å². The summed E-state index contributed by atoms with van der Waals surface area (Å²) >= 11 is 0. The lowest BCUT2D eigenvalue weighted by Gasteiger charge is -2.02. The topological polar surface area (TPSA) is 57.2 Å². The van der Waals surface area contributed by atoms with Crippen LogP contribution in [0.4, 0.5) is 0 Å². The molecule has 0 aliphatic carbocycles. The molecule has 3 aromatic carbocycles. The number of aromatic nitrogens is 1. The van der Waals surface area contributed by atoms with Crippen LogP contribution in [0.15, 0.2) is 90.2 Å². The van der Waals surface area contributed by atoms with Gasteiger partial charge >= 0.3 is 0 Å². The molecule has 4 nitrogen and oxygen atoms in total. The summed E-state index contributed by atoms with van der Waals surface area (Å²) in [6, 6.07) is 26.2. The number of nitrogens with one attached hydrogen (secondary N) is 2. The van der Waals surface area contributed by atoms with E-state index in [2.05, 4.69) is 27.6 Å². The third-order valence-corrected chi connectivity index (χ3v) is 4.45. The normalized spacial score (nSPS) is 11.1. The molecule has 1 amide bonds. The quantitative estimate of drug-likeness (QED) is 0.402. The predicted molar refractivity (Wildman–Crippen MR) is 110 cm³/mol. The highest BCUT2D eigenvalue weighted by Gasteiger charge is 2.07. The molecule has 0 saturated carbocycles. The van der Waals surface area contributed by atoms with Gasteiger partial charge in [-0.15, -0.1) is 0 Å². The molecule has 0 radical (unpaired) electrons. The van der Waals surface area contributed by atoms with Crippen LogP contribution in [0.3, 0.4) is 0 Å². The fourth-order valence-electron chi connectivity index (χ4n) is 3.06. The standard InChI is InChI=1S/C23H19N3O/c27-23(14-20-16-24-22-9-5-4-8-21(20)22)26-25-15-17-10-12-19(13-11-17)18-6-2-1-3-7-18/h1-13,15-16,24H,14H2,(H,26,27)/b25-15+. The van der Waals surface area contributed by atoms with Crippen LogP contribution in [-0.4, -0.2) is 17.1 Å². The number of nitrogens with zero attached hydrogens (tertiary/aromatic N) is 1. The van der Waals surface area contributed by atoms with Crippen molar-refractivity contribution in [1.82, 2.24) is 10.4 Å². The van der Waals surface area contributed by atoms with Gasteiger partial charge in [0.25, 0.3) is 0 Å².